The lowest BCUT2D eigenvalue weighted by molar-refractivity contribution is 0.0361. The summed E-state index contributed by atoms with van der Waals surface area (Å²) in [6, 6.07) is 15.6. The molecule has 1 spiro atoms. The first-order valence-corrected chi connectivity index (χ1v) is 11.3. The quantitative estimate of drug-likeness (QED) is 0.776. The van der Waals surface area contributed by atoms with Crippen molar-refractivity contribution < 1.29 is 13.2 Å². The van der Waals surface area contributed by atoms with Crippen LogP contribution in [0.5, 0.6) is 5.75 Å². The van der Waals surface area contributed by atoms with Gasteiger partial charge in [0.2, 0.25) is 10.0 Å². The maximum absolute atomic E-state index is 13.0. The average molecular weight is 401 g/mol. The fourth-order valence-corrected chi connectivity index (χ4v) is 5.75. The molecule has 0 atom stereocenters. The lowest BCUT2D eigenvalue weighted by Gasteiger charge is -2.44. The Morgan fingerprint density at radius 3 is 2.57 bits per heavy atom. The van der Waals surface area contributed by atoms with Gasteiger partial charge in [0, 0.05) is 25.6 Å². The lowest BCUT2D eigenvalue weighted by atomic mass is 9.78. The van der Waals surface area contributed by atoms with E-state index in [1.165, 1.54) is 15.4 Å². The van der Waals surface area contributed by atoms with E-state index < -0.39 is 10.0 Å². The SMILES string of the molecule is Cc1cccc(CN2CCC3(CC2)COc2ccccc2S(=O)(=O)N(C)C3)c1. The Kier molecular flexibility index (Phi) is 5.21. The van der Waals surface area contributed by atoms with Crippen LogP contribution in [-0.4, -0.2) is 50.9 Å². The Morgan fingerprint density at radius 2 is 1.82 bits per heavy atom. The molecule has 2 aromatic rings. The summed E-state index contributed by atoms with van der Waals surface area (Å²) in [5, 5.41) is 0. The van der Waals surface area contributed by atoms with Crippen LogP contribution in [0.25, 0.3) is 0 Å². The van der Waals surface area contributed by atoms with Gasteiger partial charge in [-0.25, -0.2) is 12.7 Å². The molecular formula is C22H28N2O3S. The Morgan fingerprint density at radius 1 is 1.07 bits per heavy atom. The number of hydrogen-bond donors (Lipinski definition) is 0. The first-order valence-electron chi connectivity index (χ1n) is 9.84. The first-order chi connectivity index (χ1) is 13.4. The third-order valence-electron chi connectivity index (χ3n) is 6.03. The topological polar surface area (TPSA) is 49.9 Å². The van der Waals surface area contributed by atoms with E-state index in [-0.39, 0.29) is 10.3 Å². The van der Waals surface area contributed by atoms with Crippen molar-refractivity contribution >= 4 is 10.0 Å². The molecule has 1 saturated heterocycles. The molecule has 0 saturated carbocycles. The normalized spacial score (nSPS) is 22.1. The van der Waals surface area contributed by atoms with Crippen molar-refractivity contribution in [3.05, 3.63) is 59.7 Å². The van der Waals surface area contributed by atoms with Crippen LogP contribution >= 0.6 is 0 Å². The van der Waals surface area contributed by atoms with Gasteiger partial charge in [-0.15, -0.1) is 0 Å². The minimum atomic E-state index is -3.53. The molecule has 0 aromatic heterocycles. The zero-order valence-corrected chi connectivity index (χ0v) is 17.4. The molecule has 0 unspecified atom stereocenters. The van der Waals surface area contributed by atoms with Gasteiger partial charge in [0.1, 0.15) is 10.6 Å². The van der Waals surface area contributed by atoms with E-state index in [2.05, 4.69) is 36.1 Å². The number of likely N-dealkylation sites (tertiary alicyclic amines) is 1. The van der Waals surface area contributed by atoms with Gasteiger partial charge in [-0.05, 0) is 50.6 Å². The van der Waals surface area contributed by atoms with Crippen molar-refractivity contribution in [2.24, 2.45) is 5.41 Å². The molecule has 6 heteroatoms. The van der Waals surface area contributed by atoms with Gasteiger partial charge in [0.15, 0.2) is 0 Å². The summed E-state index contributed by atoms with van der Waals surface area (Å²) in [5.74, 6) is 0.468. The predicted molar refractivity (Wildman–Crippen MR) is 110 cm³/mol. The molecule has 2 aliphatic heterocycles. The molecule has 2 aliphatic rings. The van der Waals surface area contributed by atoms with Crippen molar-refractivity contribution in [2.45, 2.75) is 31.2 Å². The van der Waals surface area contributed by atoms with E-state index >= 15 is 0 Å². The van der Waals surface area contributed by atoms with Crippen molar-refractivity contribution in [1.29, 1.82) is 0 Å². The Balaban J connectivity index is 1.49. The summed E-state index contributed by atoms with van der Waals surface area (Å²) < 4.78 is 33.5. The van der Waals surface area contributed by atoms with Crippen LogP contribution in [0.1, 0.15) is 24.0 Å². The van der Waals surface area contributed by atoms with Crippen LogP contribution in [0.15, 0.2) is 53.4 Å². The molecule has 0 radical (unpaired) electrons. The minimum absolute atomic E-state index is 0.140. The maximum atomic E-state index is 13.0. The van der Waals surface area contributed by atoms with Gasteiger partial charge >= 0.3 is 0 Å². The van der Waals surface area contributed by atoms with Crippen LogP contribution in [0.2, 0.25) is 0 Å². The van der Waals surface area contributed by atoms with Crippen molar-refractivity contribution in [3.8, 4) is 5.75 Å². The molecule has 0 amide bonds. The molecule has 0 bridgehead atoms. The number of fused-ring (bicyclic) bond motifs is 1. The minimum Gasteiger partial charge on any atom is -0.492 e. The lowest BCUT2D eigenvalue weighted by Crippen LogP contribution is -2.50. The monoisotopic (exact) mass is 400 g/mol. The van der Waals surface area contributed by atoms with Crippen LogP contribution in [0, 0.1) is 12.3 Å². The number of ether oxygens (including phenoxy) is 1. The molecule has 0 aliphatic carbocycles. The number of aryl methyl sites for hydroxylation is 1. The number of para-hydroxylation sites is 1. The molecule has 1 fully saturated rings. The smallest absolute Gasteiger partial charge is 0.246 e. The van der Waals surface area contributed by atoms with Crippen molar-refractivity contribution in [1.82, 2.24) is 9.21 Å². The standard InChI is InChI=1S/C22H28N2O3S/c1-18-6-5-7-19(14-18)15-24-12-10-22(11-13-24)16-23(2)28(25,26)21-9-4-3-8-20(21)27-17-22/h3-9,14H,10-13,15-17H2,1-2H3. The number of benzene rings is 2. The van der Waals surface area contributed by atoms with Crippen molar-refractivity contribution in [2.75, 3.05) is 33.3 Å². The molecule has 5 nitrogen and oxygen atoms in total. The number of rotatable bonds is 2. The molecule has 4 rings (SSSR count). The van der Waals surface area contributed by atoms with Crippen LogP contribution in [-0.2, 0) is 16.6 Å². The highest BCUT2D eigenvalue weighted by molar-refractivity contribution is 7.89. The molecule has 2 aromatic carbocycles. The van der Waals surface area contributed by atoms with E-state index in [0.717, 1.165) is 32.5 Å². The average Bonchev–Trinajstić information content (AvgIpc) is 2.68. The molecular weight excluding hydrogens is 372 g/mol. The first kappa shape index (κ1) is 19.4. The Hall–Kier alpha value is -1.89. The van der Waals surface area contributed by atoms with E-state index in [9.17, 15) is 8.42 Å². The highest BCUT2D eigenvalue weighted by atomic mass is 32.2. The summed E-state index contributed by atoms with van der Waals surface area (Å²) in [7, 11) is -1.84. The zero-order valence-electron chi connectivity index (χ0n) is 16.6. The number of nitrogens with zero attached hydrogens (tertiary/aromatic N) is 2. The van der Waals surface area contributed by atoms with Gasteiger partial charge in [-0.1, -0.05) is 42.0 Å². The highest BCUT2D eigenvalue weighted by Crippen LogP contribution is 2.38. The van der Waals surface area contributed by atoms with Crippen LogP contribution in [0.3, 0.4) is 0 Å². The van der Waals surface area contributed by atoms with Gasteiger partial charge < -0.3 is 4.74 Å². The predicted octanol–water partition coefficient (Wildman–Crippen LogP) is 3.29. The zero-order chi connectivity index (χ0) is 19.8. The Bertz CT molecular complexity index is 950. The molecule has 150 valence electrons. The molecule has 28 heavy (non-hydrogen) atoms. The van der Waals surface area contributed by atoms with Gasteiger partial charge in [-0.3, -0.25) is 4.90 Å². The second kappa shape index (κ2) is 7.50. The fraction of sp³-hybridized carbons (Fsp3) is 0.455. The Labute approximate surface area is 168 Å². The van der Waals surface area contributed by atoms with Gasteiger partial charge in [0.05, 0.1) is 6.61 Å². The third kappa shape index (κ3) is 3.81. The van der Waals surface area contributed by atoms with E-state index in [0.29, 0.717) is 18.9 Å². The second-order valence-corrected chi connectivity index (χ2v) is 10.3. The van der Waals surface area contributed by atoms with E-state index in [4.69, 9.17) is 4.74 Å². The van der Waals surface area contributed by atoms with Gasteiger partial charge in [-0.2, -0.15) is 0 Å². The molecule has 2 heterocycles. The third-order valence-corrected chi connectivity index (χ3v) is 7.88. The van der Waals surface area contributed by atoms with Crippen LogP contribution < -0.4 is 4.74 Å². The van der Waals surface area contributed by atoms with Crippen molar-refractivity contribution in [3.63, 3.8) is 0 Å². The van der Waals surface area contributed by atoms with Gasteiger partial charge in [0.25, 0.3) is 0 Å². The summed E-state index contributed by atoms with van der Waals surface area (Å²) in [4.78, 5) is 2.73. The summed E-state index contributed by atoms with van der Waals surface area (Å²) in [5.41, 5.74) is 2.47. The van der Waals surface area contributed by atoms with Crippen LogP contribution in [0.4, 0.5) is 0 Å². The summed E-state index contributed by atoms with van der Waals surface area (Å²) in [6.45, 7) is 6.02. The number of sulfonamides is 1. The second-order valence-electron chi connectivity index (χ2n) is 8.26. The maximum Gasteiger partial charge on any atom is 0.246 e. The highest BCUT2D eigenvalue weighted by Gasteiger charge is 2.41. The van der Waals surface area contributed by atoms with E-state index in [1.54, 1.807) is 25.2 Å². The van der Waals surface area contributed by atoms with E-state index in [1.807, 2.05) is 6.07 Å². The fourth-order valence-electron chi connectivity index (χ4n) is 4.34. The number of piperidine rings is 1. The largest absolute Gasteiger partial charge is 0.492 e. The summed E-state index contributed by atoms with van der Waals surface area (Å²) in [6.07, 6.45) is 1.86. The summed E-state index contributed by atoms with van der Waals surface area (Å²) >= 11 is 0. The number of hydrogen-bond acceptors (Lipinski definition) is 4. The molecule has 0 N–H and O–H groups in total.